The molecule has 0 saturated heterocycles. The lowest BCUT2D eigenvalue weighted by Crippen LogP contribution is -1.97. The molecule has 0 aliphatic carbocycles. The number of non-ortho nitro benzene ring substituents is 1. The molecule has 4 rings (SSSR count). The number of rotatable bonds is 7. The predicted molar refractivity (Wildman–Crippen MR) is 133 cm³/mol. The molecule has 16 nitrogen and oxygen atoms in total. The van der Waals surface area contributed by atoms with Crippen molar-refractivity contribution in [1.29, 1.82) is 0 Å². The highest BCUT2D eigenvalue weighted by Crippen LogP contribution is 2.46. The molecule has 0 radical (unpaired) electrons. The Morgan fingerprint density at radius 1 is 0.718 bits per heavy atom. The molecule has 17 heteroatoms. The van der Waals surface area contributed by atoms with Gasteiger partial charge >= 0.3 is 5.69 Å². The Morgan fingerprint density at radius 3 is 2.08 bits per heavy atom. The summed E-state index contributed by atoms with van der Waals surface area (Å²) in [4.78, 5) is 19.9. The first-order valence-corrected chi connectivity index (χ1v) is 11.9. The highest BCUT2D eigenvalue weighted by Gasteiger charge is 2.24. The molecule has 0 spiro atoms. The number of hydrogen-bond acceptors (Lipinski definition) is 13. The van der Waals surface area contributed by atoms with Gasteiger partial charge in [0.15, 0.2) is 11.4 Å². The van der Waals surface area contributed by atoms with Gasteiger partial charge in [0.1, 0.15) is 17.1 Å². The van der Waals surface area contributed by atoms with Gasteiger partial charge in [0.05, 0.1) is 26.5 Å². The van der Waals surface area contributed by atoms with Gasteiger partial charge in [0.2, 0.25) is 5.75 Å². The second kappa shape index (κ2) is 10.1. The summed E-state index contributed by atoms with van der Waals surface area (Å²) < 4.78 is 32.1. The van der Waals surface area contributed by atoms with Gasteiger partial charge in [-0.1, -0.05) is 18.2 Å². The molecule has 0 atom stereocenters. The number of azo groups is 2. The number of hydrogen-bond donors (Lipinski definition) is 4. The molecule has 39 heavy (non-hydrogen) atoms. The average molecular weight is 554 g/mol. The van der Waals surface area contributed by atoms with E-state index in [2.05, 4.69) is 20.5 Å². The quantitative estimate of drug-likeness (QED) is 0.0916. The van der Waals surface area contributed by atoms with E-state index in [1.165, 1.54) is 24.3 Å². The second-order valence-electron chi connectivity index (χ2n) is 7.68. The molecule has 0 aromatic heterocycles. The molecule has 4 aromatic rings. The van der Waals surface area contributed by atoms with Crippen molar-refractivity contribution >= 4 is 55.0 Å². The Morgan fingerprint density at radius 2 is 1.41 bits per heavy atom. The van der Waals surface area contributed by atoms with Crippen LogP contribution in [0.1, 0.15) is 0 Å². The van der Waals surface area contributed by atoms with Crippen LogP contribution in [-0.2, 0) is 10.1 Å². The third-order valence-electron chi connectivity index (χ3n) is 5.22. The highest BCUT2D eigenvalue weighted by atomic mass is 32.2. The molecule has 0 fully saturated rings. The molecule has 0 aliphatic rings. The predicted octanol–water partition coefficient (Wildman–Crippen LogP) is 5.85. The summed E-state index contributed by atoms with van der Waals surface area (Å²) in [6, 6.07) is 11.8. The summed E-state index contributed by atoms with van der Waals surface area (Å²) in [7, 11) is -4.44. The van der Waals surface area contributed by atoms with Crippen molar-refractivity contribution in [3.63, 3.8) is 0 Å². The third kappa shape index (κ3) is 5.43. The van der Waals surface area contributed by atoms with Crippen LogP contribution in [0.15, 0.2) is 86.0 Å². The monoisotopic (exact) mass is 554 g/mol. The Hall–Kier alpha value is -5.55. The van der Waals surface area contributed by atoms with Crippen molar-refractivity contribution in [2.45, 2.75) is 4.90 Å². The summed E-state index contributed by atoms with van der Waals surface area (Å²) in [5.41, 5.74) is -2.96. The van der Waals surface area contributed by atoms with Crippen LogP contribution < -0.4 is 0 Å². The van der Waals surface area contributed by atoms with Crippen LogP contribution in [-0.4, -0.2) is 38.1 Å². The van der Waals surface area contributed by atoms with E-state index < -0.39 is 60.0 Å². The van der Waals surface area contributed by atoms with E-state index in [9.17, 15) is 48.5 Å². The molecule has 4 aromatic carbocycles. The van der Waals surface area contributed by atoms with Gasteiger partial charge in [-0.05, 0) is 35.7 Å². The van der Waals surface area contributed by atoms with Crippen LogP contribution in [0.5, 0.6) is 17.2 Å². The molecular weight excluding hydrogens is 540 g/mol. The van der Waals surface area contributed by atoms with Crippen molar-refractivity contribution in [3.05, 3.63) is 80.9 Å². The Labute approximate surface area is 216 Å². The summed E-state index contributed by atoms with van der Waals surface area (Å²) >= 11 is 0. The van der Waals surface area contributed by atoms with Crippen molar-refractivity contribution in [2.75, 3.05) is 0 Å². The number of fused-ring (bicyclic) bond motifs is 1. The summed E-state index contributed by atoms with van der Waals surface area (Å²) in [5.74, 6) is -2.27. The normalized spacial score (nSPS) is 11.9. The Bertz CT molecular complexity index is 1840. The molecule has 0 unspecified atom stereocenters. The SMILES string of the molecule is O=[N+]([O-])c1cc(/N=N/c2ccc(O)c(/N=N/c3cccc4cc(S(=O)(=O)O)ccc34)c2O)c(O)c([N+](=O)[O-])c1. The number of phenols is 3. The number of nitro groups is 2. The van der Waals surface area contributed by atoms with E-state index in [0.29, 0.717) is 16.8 Å². The van der Waals surface area contributed by atoms with Gasteiger partial charge in [0, 0.05) is 11.5 Å². The van der Waals surface area contributed by atoms with Crippen LogP contribution in [0.25, 0.3) is 10.8 Å². The van der Waals surface area contributed by atoms with Crippen LogP contribution >= 0.6 is 0 Å². The minimum Gasteiger partial charge on any atom is -0.505 e. The fraction of sp³-hybridized carbons (Fsp3) is 0. The van der Waals surface area contributed by atoms with Gasteiger partial charge < -0.3 is 15.3 Å². The fourth-order valence-corrected chi connectivity index (χ4v) is 3.87. The van der Waals surface area contributed by atoms with Crippen LogP contribution in [0.2, 0.25) is 0 Å². The van der Waals surface area contributed by atoms with E-state index in [1.54, 1.807) is 6.07 Å². The molecule has 0 bridgehead atoms. The van der Waals surface area contributed by atoms with Crippen LogP contribution in [0.3, 0.4) is 0 Å². The maximum atomic E-state index is 11.4. The van der Waals surface area contributed by atoms with Crippen molar-refractivity contribution in [1.82, 2.24) is 0 Å². The number of aromatic hydroxyl groups is 3. The summed E-state index contributed by atoms with van der Waals surface area (Å²) in [6.07, 6.45) is 0. The van der Waals surface area contributed by atoms with E-state index >= 15 is 0 Å². The molecule has 4 N–H and O–H groups in total. The highest BCUT2D eigenvalue weighted by molar-refractivity contribution is 7.85. The van der Waals surface area contributed by atoms with E-state index in [-0.39, 0.29) is 16.3 Å². The molecule has 0 amide bonds. The zero-order valence-corrected chi connectivity index (χ0v) is 19.9. The zero-order valence-electron chi connectivity index (χ0n) is 19.1. The lowest BCUT2D eigenvalue weighted by molar-refractivity contribution is -0.394. The van der Waals surface area contributed by atoms with Crippen molar-refractivity contribution < 1.29 is 38.1 Å². The zero-order chi connectivity index (χ0) is 28.5. The van der Waals surface area contributed by atoms with Gasteiger partial charge in [0.25, 0.3) is 15.8 Å². The lowest BCUT2D eigenvalue weighted by atomic mass is 10.1. The smallest absolute Gasteiger partial charge is 0.319 e. The topological polar surface area (TPSA) is 251 Å². The van der Waals surface area contributed by atoms with Gasteiger partial charge in [-0.15, -0.1) is 20.5 Å². The number of nitro benzene ring substituents is 2. The molecule has 198 valence electrons. The number of nitrogens with zero attached hydrogens (tertiary/aromatic N) is 6. The van der Waals surface area contributed by atoms with E-state index in [0.717, 1.165) is 24.3 Å². The van der Waals surface area contributed by atoms with Crippen LogP contribution in [0, 0.1) is 20.2 Å². The minimum atomic E-state index is -4.44. The van der Waals surface area contributed by atoms with E-state index in [4.69, 9.17) is 0 Å². The second-order valence-corrected chi connectivity index (χ2v) is 9.10. The molecule has 0 heterocycles. The van der Waals surface area contributed by atoms with Gasteiger partial charge in [-0.25, -0.2) is 0 Å². The third-order valence-corrected chi connectivity index (χ3v) is 6.07. The average Bonchev–Trinajstić information content (AvgIpc) is 2.87. The number of phenolic OH excluding ortho intramolecular Hbond substituents is 3. The van der Waals surface area contributed by atoms with Gasteiger partial charge in [-0.3, -0.25) is 24.8 Å². The van der Waals surface area contributed by atoms with Crippen LogP contribution in [0.4, 0.5) is 34.1 Å². The maximum Gasteiger partial charge on any atom is 0.319 e. The standard InChI is InChI=1S/C22H14N6O10S/c29-19-7-6-16(24-25-17-9-12(27(32)33)10-18(21(17)30)28(34)35)22(31)20(19)26-23-15-3-1-2-11-8-13(39(36,37)38)4-5-14(11)15/h1-10,29-31H,(H,36,37,38)/b25-24+,26-23+. The minimum absolute atomic E-state index is 0.203. The summed E-state index contributed by atoms with van der Waals surface area (Å²) in [5, 5.41) is 68.9. The van der Waals surface area contributed by atoms with E-state index in [1.807, 2.05) is 0 Å². The fourth-order valence-electron chi connectivity index (χ4n) is 3.35. The Balaban J connectivity index is 1.73. The molecular formula is C22H14N6O10S. The molecule has 0 saturated carbocycles. The largest absolute Gasteiger partial charge is 0.505 e. The maximum absolute atomic E-state index is 11.4. The lowest BCUT2D eigenvalue weighted by Gasteiger charge is -2.06. The molecule has 0 aliphatic heterocycles. The number of benzene rings is 4. The van der Waals surface area contributed by atoms with Crippen molar-refractivity contribution in [2.24, 2.45) is 20.5 Å². The van der Waals surface area contributed by atoms with Crippen molar-refractivity contribution in [3.8, 4) is 17.2 Å². The first kappa shape index (κ1) is 26.5. The summed E-state index contributed by atoms with van der Waals surface area (Å²) in [6.45, 7) is 0. The first-order valence-electron chi connectivity index (χ1n) is 10.4. The van der Waals surface area contributed by atoms with Gasteiger partial charge in [-0.2, -0.15) is 8.42 Å². The first-order chi connectivity index (χ1) is 18.4. The Kier molecular flexibility index (Phi) is 6.85.